The molecule has 1 aliphatic rings. The first-order chi connectivity index (χ1) is 10.5. The molecule has 1 aromatic rings. The van der Waals surface area contributed by atoms with E-state index >= 15 is 0 Å². The summed E-state index contributed by atoms with van der Waals surface area (Å²) >= 11 is 0. The molecule has 0 aliphatic carbocycles. The van der Waals surface area contributed by atoms with E-state index < -0.39 is 5.97 Å². The molecule has 1 saturated heterocycles. The van der Waals surface area contributed by atoms with Crippen molar-refractivity contribution in [3.05, 3.63) is 29.8 Å². The molecule has 1 atom stereocenters. The molecule has 1 amide bonds. The van der Waals surface area contributed by atoms with E-state index in [2.05, 4.69) is 0 Å². The summed E-state index contributed by atoms with van der Waals surface area (Å²) in [5.74, 6) is -0.962. The predicted octanol–water partition coefficient (Wildman–Crippen LogP) is 0.997. The van der Waals surface area contributed by atoms with Crippen LogP contribution in [0.3, 0.4) is 0 Å². The Balaban J connectivity index is 2.01. The SMILES string of the molecule is CN(C)c1ccc(CC(=O)N2CCOC[C@H]2CC(=O)O)cc1. The molecule has 0 unspecified atom stereocenters. The van der Waals surface area contributed by atoms with E-state index in [0.29, 0.717) is 13.2 Å². The molecule has 0 spiro atoms. The number of nitrogens with zero attached hydrogens (tertiary/aromatic N) is 2. The second-order valence-corrected chi connectivity index (χ2v) is 5.65. The number of hydrogen-bond donors (Lipinski definition) is 1. The number of aliphatic carboxylic acids is 1. The lowest BCUT2D eigenvalue weighted by atomic mass is 10.1. The van der Waals surface area contributed by atoms with Crippen molar-refractivity contribution in [2.24, 2.45) is 0 Å². The third kappa shape index (κ3) is 4.21. The van der Waals surface area contributed by atoms with Crippen LogP contribution in [0, 0.1) is 0 Å². The topological polar surface area (TPSA) is 70.1 Å². The van der Waals surface area contributed by atoms with Gasteiger partial charge in [-0.15, -0.1) is 0 Å². The number of rotatable bonds is 5. The number of hydrogen-bond acceptors (Lipinski definition) is 4. The van der Waals surface area contributed by atoms with Gasteiger partial charge >= 0.3 is 5.97 Å². The van der Waals surface area contributed by atoms with Crippen molar-refractivity contribution in [2.45, 2.75) is 18.9 Å². The van der Waals surface area contributed by atoms with Gasteiger partial charge < -0.3 is 19.6 Å². The third-order valence-corrected chi connectivity index (χ3v) is 3.77. The lowest BCUT2D eigenvalue weighted by molar-refractivity contribution is -0.145. The van der Waals surface area contributed by atoms with E-state index in [1.54, 1.807) is 4.90 Å². The summed E-state index contributed by atoms with van der Waals surface area (Å²) in [5.41, 5.74) is 2.00. The van der Waals surface area contributed by atoms with Crippen molar-refractivity contribution in [3.63, 3.8) is 0 Å². The summed E-state index contributed by atoms with van der Waals surface area (Å²) in [7, 11) is 3.93. The number of carboxylic acids is 1. The van der Waals surface area contributed by atoms with Crippen LogP contribution in [0.4, 0.5) is 5.69 Å². The Morgan fingerprint density at radius 1 is 1.32 bits per heavy atom. The molecule has 1 N–H and O–H groups in total. The number of ether oxygens (including phenoxy) is 1. The first kappa shape index (κ1) is 16.3. The lowest BCUT2D eigenvalue weighted by Crippen LogP contribution is -2.50. The second kappa shape index (κ2) is 7.26. The Bertz CT molecular complexity index is 527. The van der Waals surface area contributed by atoms with Crippen LogP contribution < -0.4 is 4.90 Å². The Labute approximate surface area is 130 Å². The Kier molecular flexibility index (Phi) is 5.38. The third-order valence-electron chi connectivity index (χ3n) is 3.77. The average Bonchev–Trinajstić information content (AvgIpc) is 2.47. The minimum Gasteiger partial charge on any atom is -0.481 e. The maximum absolute atomic E-state index is 12.4. The normalized spacial score (nSPS) is 18.1. The fourth-order valence-electron chi connectivity index (χ4n) is 2.54. The summed E-state index contributed by atoms with van der Waals surface area (Å²) in [6.45, 7) is 1.20. The van der Waals surface area contributed by atoms with Crippen LogP contribution in [0.25, 0.3) is 0 Å². The van der Waals surface area contributed by atoms with Gasteiger partial charge in [-0.05, 0) is 17.7 Å². The molecule has 1 aromatic carbocycles. The molecule has 0 aromatic heterocycles. The second-order valence-electron chi connectivity index (χ2n) is 5.65. The molecule has 1 fully saturated rings. The molecule has 1 heterocycles. The van der Waals surface area contributed by atoms with Gasteiger partial charge in [0.25, 0.3) is 0 Å². The molecular formula is C16H22N2O4. The zero-order chi connectivity index (χ0) is 16.1. The number of carboxylic acid groups (broad SMARTS) is 1. The number of morpholine rings is 1. The highest BCUT2D eigenvalue weighted by Gasteiger charge is 2.28. The molecule has 120 valence electrons. The van der Waals surface area contributed by atoms with Crippen molar-refractivity contribution in [2.75, 3.05) is 38.8 Å². The maximum atomic E-state index is 12.4. The standard InChI is InChI=1S/C16H22N2O4/c1-17(2)13-5-3-12(4-6-13)9-15(19)18-7-8-22-11-14(18)10-16(20)21/h3-6,14H,7-11H2,1-2H3,(H,20,21)/t14-/m1/s1. The van der Waals surface area contributed by atoms with Crippen molar-refractivity contribution in [3.8, 4) is 0 Å². The first-order valence-electron chi connectivity index (χ1n) is 7.32. The summed E-state index contributed by atoms with van der Waals surface area (Å²) in [4.78, 5) is 27.0. The van der Waals surface area contributed by atoms with E-state index in [-0.39, 0.29) is 31.4 Å². The highest BCUT2D eigenvalue weighted by atomic mass is 16.5. The number of amides is 1. The molecule has 6 heteroatoms. The number of benzene rings is 1. The summed E-state index contributed by atoms with van der Waals surface area (Å²) < 4.78 is 5.29. The Hall–Kier alpha value is -2.08. The van der Waals surface area contributed by atoms with Gasteiger partial charge in [0.2, 0.25) is 5.91 Å². The quantitative estimate of drug-likeness (QED) is 0.879. The minimum atomic E-state index is -0.913. The highest BCUT2D eigenvalue weighted by Crippen LogP contribution is 2.16. The molecule has 22 heavy (non-hydrogen) atoms. The molecule has 1 aliphatic heterocycles. The van der Waals surface area contributed by atoms with Crippen LogP contribution in [-0.4, -0.2) is 61.8 Å². The number of anilines is 1. The van der Waals surface area contributed by atoms with Gasteiger partial charge in [-0.25, -0.2) is 0 Å². The van der Waals surface area contributed by atoms with Crippen LogP contribution in [0.1, 0.15) is 12.0 Å². The van der Waals surface area contributed by atoms with E-state index in [9.17, 15) is 9.59 Å². The van der Waals surface area contributed by atoms with Crippen molar-refractivity contribution < 1.29 is 19.4 Å². The van der Waals surface area contributed by atoms with Gasteiger partial charge in [-0.1, -0.05) is 12.1 Å². The van der Waals surface area contributed by atoms with Crippen LogP contribution in [0.15, 0.2) is 24.3 Å². The molecular weight excluding hydrogens is 284 g/mol. The summed E-state index contributed by atoms with van der Waals surface area (Å²) in [6.07, 6.45) is 0.204. The van der Waals surface area contributed by atoms with Crippen LogP contribution in [-0.2, 0) is 20.7 Å². The van der Waals surface area contributed by atoms with Crippen molar-refractivity contribution in [1.29, 1.82) is 0 Å². The van der Waals surface area contributed by atoms with Crippen LogP contribution in [0.2, 0.25) is 0 Å². The number of carbonyl (C=O) groups is 2. The fraction of sp³-hybridized carbons (Fsp3) is 0.500. The minimum absolute atomic E-state index is 0.0489. The highest BCUT2D eigenvalue weighted by molar-refractivity contribution is 5.80. The van der Waals surface area contributed by atoms with E-state index in [4.69, 9.17) is 9.84 Å². The maximum Gasteiger partial charge on any atom is 0.305 e. The summed E-state index contributed by atoms with van der Waals surface area (Å²) in [6, 6.07) is 7.42. The predicted molar refractivity (Wildman–Crippen MR) is 83.0 cm³/mol. The fourth-order valence-corrected chi connectivity index (χ4v) is 2.54. The molecule has 6 nitrogen and oxygen atoms in total. The van der Waals surface area contributed by atoms with Crippen molar-refractivity contribution >= 4 is 17.6 Å². The lowest BCUT2D eigenvalue weighted by Gasteiger charge is -2.35. The Morgan fingerprint density at radius 3 is 2.59 bits per heavy atom. The molecule has 2 rings (SSSR count). The molecule has 0 bridgehead atoms. The molecule has 0 saturated carbocycles. The van der Waals surface area contributed by atoms with Crippen molar-refractivity contribution in [1.82, 2.24) is 4.90 Å². The van der Waals surface area contributed by atoms with Gasteiger partial charge in [0, 0.05) is 26.3 Å². The zero-order valence-corrected chi connectivity index (χ0v) is 13.0. The van der Waals surface area contributed by atoms with E-state index in [1.807, 2.05) is 43.3 Å². The first-order valence-corrected chi connectivity index (χ1v) is 7.32. The number of carbonyl (C=O) groups excluding carboxylic acids is 1. The smallest absolute Gasteiger partial charge is 0.305 e. The van der Waals surface area contributed by atoms with Gasteiger partial charge in [0.1, 0.15) is 0 Å². The monoisotopic (exact) mass is 306 g/mol. The van der Waals surface area contributed by atoms with Gasteiger partial charge in [0.05, 0.1) is 32.1 Å². The largest absolute Gasteiger partial charge is 0.481 e. The summed E-state index contributed by atoms with van der Waals surface area (Å²) in [5, 5.41) is 8.94. The van der Waals surface area contributed by atoms with E-state index in [0.717, 1.165) is 11.3 Å². The van der Waals surface area contributed by atoms with Crippen LogP contribution >= 0.6 is 0 Å². The van der Waals surface area contributed by atoms with Gasteiger partial charge in [0.15, 0.2) is 0 Å². The van der Waals surface area contributed by atoms with Crippen LogP contribution in [0.5, 0.6) is 0 Å². The van der Waals surface area contributed by atoms with Gasteiger partial charge in [-0.2, -0.15) is 0 Å². The van der Waals surface area contributed by atoms with E-state index in [1.165, 1.54) is 0 Å². The molecule has 0 radical (unpaired) electrons. The average molecular weight is 306 g/mol. The Morgan fingerprint density at radius 2 is 2.00 bits per heavy atom. The zero-order valence-electron chi connectivity index (χ0n) is 13.0. The van der Waals surface area contributed by atoms with Gasteiger partial charge in [-0.3, -0.25) is 9.59 Å².